The third kappa shape index (κ3) is 3.68. The normalized spacial score (nSPS) is 12.6. The van der Waals surface area contributed by atoms with Crippen molar-refractivity contribution < 1.29 is 27.8 Å². The van der Waals surface area contributed by atoms with Gasteiger partial charge in [0.05, 0.1) is 16.3 Å². The molecule has 0 saturated heterocycles. The van der Waals surface area contributed by atoms with Crippen LogP contribution in [0.5, 0.6) is 11.5 Å². The Morgan fingerprint density at radius 1 is 1.31 bits per heavy atom. The molecule has 1 atom stereocenters. The van der Waals surface area contributed by atoms with E-state index in [1.807, 2.05) is 0 Å². The molecule has 0 aromatic heterocycles. The molecule has 1 unspecified atom stereocenters. The molecule has 0 spiro atoms. The summed E-state index contributed by atoms with van der Waals surface area (Å²) in [6, 6.07) is 5.41. The first-order valence-corrected chi connectivity index (χ1v) is 9.32. The number of hydrogen-bond donors (Lipinski definition) is 4. The van der Waals surface area contributed by atoms with Crippen LogP contribution in [-0.4, -0.2) is 29.8 Å². The van der Waals surface area contributed by atoms with Crippen molar-refractivity contribution in [3.63, 3.8) is 0 Å². The average Bonchev–Trinajstić information content (AvgIpc) is 2.57. The highest BCUT2D eigenvalue weighted by atomic mass is 35.5. The fourth-order valence-corrected chi connectivity index (χ4v) is 4.16. The SMILES string of the molecule is CCC(C(=O)Nc1c(F)cc(N)c(O)c1Cl)S(=O)(=O)c1ccc(O)cc1. The van der Waals surface area contributed by atoms with Crippen molar-refractivity contribution in [1.29, 1.82) is 0 Å². The number of carbonyl (C=O) groups is 1. The van der Waals surface area contributed by atoms with Gasteiger partial charge in [-0.25, -0.2) is 12.8 Å². The number of phenols is 2. The van der Waals surface area contributed by atoms with Gasteiger partial charge in [0, 0.05) is 6.07 Å². The molecule has 10 heteroatoms. The summed E-state index contributed by atoms with van der Waals surface area (Å²) in [4.78, 5) is 12.3. The van der Waals surface area contributed by atoms with Gasteiger partial charge in [-0.3, -0.25) is 4.79 Å². The molecule has 0 fully saturated rings. The first-order valence-electron chi connectivity index (χ1n) is 7.39. The molecule has 0 aliphatic carbocycles. The Labute approximate surface area is 154 Å². The largest absolute Gasteiger partial charge is 0.508 e. The molecular weight excluding hydrogens is 387 g/mol. The van der Waals surface area contributed by atoms with Gasteiger partial charge in [-0.15, -0.1) is 0 Å². The number of nitrogen functional groups attached to an aromatic ring is 1. The number of phenolic OH excluding ortho intramolecular Hbond substituents is 2. The minimum atomic E-state index is -4.11. The van der Waals surface area contributed by atoms with E-state index in [0.29, 0.717) is 0 Å². The smallest absolute Gasteiger partial charge is 0.243 e. The first kappa shape index (κ1) is 19.8. The molecule has 0 heterocycles. The molecule has 2 aromatic carbocycles. The third-order valence-electron chi connectivity index (χ3n) is 3.67. The quantitative estimate of drug-likeness (QED) is 0.449. The summed E-state index contributed by atoms with van der Waals surface area (Å²) in [5, 5.41) is 19.0. The van der Waals surface area contributed by atoms with Crippen LogP contribution < -0.4 is 11.1 Å². The lowest BCUT2D eigenvalue weighted by molar-refractivity contribution is -0.115. The minimum Gasteiger partial charge on any atom is -0.508 e. The van der Waals surface area contributed by atoms with Crippen molar-refractivity contribution in [2.45, 2.75) is 23.5 Å². The van der Waals surface area contributed by atoms with Crippen LogP contribution in [0.2, 0.25) is 5.02 Å². The highest BCUT2D eigenvalue weighted by Gasteiger charge is 2.33. The van der Waals surface area contributed by atoms with Gasteiger partial charge in [-0.2, -0.15) is 0 Å². The summed E-state index contributed by atoms with van der Waals surface area (Å²) in [7, 11) is -4.11. The van der Waals surface area contributed by atoms with Crippen LogP contribution in [-0.2, 0) is 14.6 Å². The Bertz CT molecular complexity index is 948. The molecule has 0 saturated carbocycles. The molecule has 2 rings (SSSR count). The third-order valence-corrected chi connectivity index (χ3v) is 6.27. The molecule has 1 amide bonds. The van der Waals surface area contributed by atoms with E-state index in [-0.39, 0.29) is 22.8 Å². The number of hydrogen-bond acceptors (Lipinski definition) is 6. The Balaban J connectivity index is 2.38. The van der Waals surface area contributed by atoms with Gasteiger partial charge in [0.2, 0.25) is 5.91 Å². The first-order chi connectivity index (χ1) is 12.1. The van der Waals surface area contributed by atoms with E-state index in [1.54, 1.807) is 0 Å². The Kier molecular flexibility index (Phi) is 5.62. The molecule has 0 aliphatic heterocycles. The van der Waals surface area contributed by atoms with Gasteiger partial charge in [0.15, 0.2) is 21.4 Å². The number of benzene rings is 2. The van der Waals surface area contributed by atoms with Crippen molar-refractivity contribution >= 4 is 38.7 Å². The standard InChI is InChI=1S/C16H16ClFN2O5S/c1-2-12(26(24,25)9-5-3-8(21)4-6-9)16(23)20-14-10(18)7-11(19)15(22)13(14)17/h3-7,12,21-22H,2,19H2,1H3,(H,20,23). The number of anilines is 2. The average molecular weight is 403 g/mol. The lowest BCUT2D eigenvalue weighted by Gasteiger charge is -2.17. The van der Waals surface area contributed by atoms with Crippen LogP contribution in [0.15, 0.2) is 35.2 Å². The molecule has 0 aliphatic rings. The van der Waals surface area contributed by atoms with Gasteiger partial charge >= 0.3 is 0 Å². The van der Waals surface area contributed by atoms with E-state index in [4.69, 9.17) is 17.3 Å². The lowest BCUT2D eigenvalue weighted by Crippen LogP contribution is -2.35. The molecule has 7 nitrogen and oxygen atoms in total. The fourth-order valence-electron chi connectivity index (χ4n) is 2.29. The summed E-state index contributed by atoms with van der Waals surface area (Å²) in [5.74, 6) is -2.80. The number of amides is 1. The van der Waals surface area contributed by atoms with Crippen LogP contribution in [0, 0.1) is 5.82 Å². The van der Waals surface area contributed by atoms with Crippen molar-refractivity contribution in [3.8, 4) is 11.5 Å². The number of halogens is 2. The Hall–Kier alpha value is -2.52. The van der Waals surface area contributed by atoms with E-state index < -0.39 is 43.3 Å². The second kappa shape index (κ2) is 7.38. The van der Waals surface area contributed by atoms with Crippen molar-refractivity contribution in [2.24, 2.45) is 0 Å². The summed E-state index contributed by atoms with van der Waals surface area (Å²) >= 11 is 5.78. The van der Waals surface area contributed by atoms with Gasteiger partial charge in [-0.1, -0.05) is 18.5 Å². The van der Waals surface area contributed by atoms with E-state index in [0.717, 1.165) is 18.2 Å². The topological polar surface area (TPSA) is 130 Å². The highest BCUT2D eigenvalue weighted by molar-refractivity contribution is 7.92. The predicted molar refractivity (Wildman–Crippen MR) is 95.5 cm³/mol. The monoisotopic (exact) mass is 402 g/mol. The van der Waals surface area contributed by atoms with Crippen molar-refractivity contribution in [1.82, 2.24) is 0 Å². The van der Waals surface area contributed by atoms with Gasteiger partial charge in [0.1, 0.15) is 16.0 Å². The maximum Gasteiger partial charge on any atom is 0.243 e. The number of nitrogens with two attached hydrogens (primary N) is 1. The Morgan fingerprint density at radius 3 is 2.42 bits per heavy atom. The lowest BCUT2D eigenvalue weighted by atomic mass is 10.2. The fraction of sp³-hybridized carbons (Fsp3) is 0.188. The number of sulfone groups is 1. The summed E-state index contributed by atoms with van der Waals surface area (Å²) in [5.41, 5.74) is 4.47. The molecule has 140 valence electrons. The van der Waals surface area contributed by atoms with E-state index in [2.05, 4.69) is 5.32 Å². The highest BCUT2D eigenvalue weighted by Crippen LogP contribution is 2.38. The van der Waals surface area contributed by atoms with Crippen molar-refractivity contribution in [3.05, 3.63) is 41.2 Å². The molecule has 2 aromatic rings. The maximum atomic E-state index is 14.0. The van der Waals surface area contributed by atoms with Gasteiger partial charge < -0.3 is 21.3 Å². The van der Waals surface area contributed by atoms with Crippen LogP contribution in [0.25, 0.3) is 0 Å². The predicted octanol–water partition coefficient (Wildman–Crippen LogP) is 2.66. The second-order valence-electron chi connectivity index (χ2n) is 5.41. The Morgan fingerprint density at radius 2 is 1.88 bits per heavy atom. The zero-order valence-electron chi connectivity index (χ0n) is 13.5. The minimum absolute atomic E-state index is 0.102. The van der Waals surface area contributed by atoms with E-state index in [9.17, 15) is 27.8 Å². The van der Waals surface area contributed by atoms with E-state index >= 15 is 0 Å². The molecular formula is C16H16ClFN2O5S. The molecule has 0 bridgehead atoms. The van der Waals surface area contributed by atoms with Crippen LogP contribution in [0.3, 0.4) is 0 Å². The second-order valence-corrected chi connectivity index (χ2v) is 7.92. The van der Waals surface area contributed by atoms with Gasteiger partial charge in [0.25, 0.3) is 0 Å². The number of nitrogens with one attached hydrogen (secondary N) is 1. The zero-order chi connectivity index (χ0) is 19.6. The number of carbonyl (C=O) groups excluding carboxylic acids is 1. The summed E-state index contributed by atoms with van der Waals surface area (Å²) in [6.45, 7) is 1.47. The zero-order valence-corrected chi connectivity index (χ0v) is 15.1. The van der Waals surface area contributed by atoms with Crippen molar-refractivity contribution in [2.75, 3.05) is 11.1 Å². The number of rotatable bonds is 5. The summed E-state index contributed by atoms with van der Waals surface area (Å²) < 4.78 is 39.3. The van der Waals surface area contributed by atoms with Gasteiger partial charge in [-0.05, 0) is 30.7 Å². The number of aromatic hydroxyl groups is 2. The van der Waals surface area contributed by atoms with Crippen LogP contribution in [0.1, 0.15) is 13.3 Å². The molecule has 26 heavy (non-hydrogen) atoms. The van der Waals surface area contributed by atoms with E-state index in [1.165, 1.54) is 19.1 Å². The molecule has 5 N–H and O–H groups in total. The maximum absolute atomic E-state index is 14.0. The molecule has 0 radical (unpaired) electrons. The van der Waals surface area contributed by atoms with Crippen LogP contribution in [0.4, 0.5) is 15.8 Å². The van der Waals surface area contributed by atoms with Crippen LogP contribution >= 0.6 is 11.6 Å². The summed E-state index contributed by atoms with van der Waals surface area (Å²) in [6.07, 6.45) is -0.102.